The number of methoxy groups -OCH3 is 2. The summed E-state index contributed by atoms with van der Waals surface area (Å²) in [6.07, 6.45) is 0. The lowest BCUT2D eigenvalue weighted by molar-refractivity contribution is 0.0715. The number of ether oxygens (including phenoxy) is 2. The molecule has 4 rings (SSSR count). The van der Waals surface area contributed by atoms with Crippen molar-refractivity contribution < 1.29 is 18.7 Å². The van der Waals surface area contributed by atoms with Crippen molar-refractivity contribution in [1.29, 1.82) is 0 Å². The average Bonchev–Trinajstić information content (AvgIpc) is 3.03. The van der Waals surface area contributed by atoms with Crippen LogP contribution < -0.4 is 14.9 Å². The third-order valence-corrected chi connectivity index (χ3v) is 5.68. The van der Waals surface area contributed by atoms with E-state index < -0.39 is 6.04 Å². The van der Waals surface area contributed by atoms with E-state index in [4.69, 9.17) is 25.5 Å². The van der Waals surface area contributed by atoms with E-state index in [-0.39, 0.29) is 22.7 Å². The molecule has 0 saturated carbocycles. The second-order valence-corrected chi connectivity index (χ2v) is 8.04. The van der Waals surface area contributed by atoms with Crippen molar-refractivity contribution in [1.82, 2.24) is 9.80 Å². The highest BCUT2D eigenvalue weighted by Crippen LogP contribution is 2.44. The van der Waals surface area contributed by atoms with Crippen LogP contribution >= 0.6 is 11.6 Å². The summed E-state index contributed by atoms with van der Waals surface area (Å²) in [5, 5.41) is 0.754. The van der Waals surface area contributed by atoms with Gasteiger partial charge in [0, 0.05) is 23.7 Å². The van der Waals surface area contributed by atoms with Crippen LogP contribution in [-0.4, -0.2) is 57.1 Å². The number of benzene rings is 2. The van der Waals surface area contributed by atoms with Gasteiger partial charge in [-0.1, -0.05) is 23.7 Å². The molecule has 2 heterocycles. The maximum atomic E-state index is 13.6. The monoisotopic (exact) mass is 442 g/mol. The Hall–Kier alpha value is -3.03. The molecule has 0 saturated heterocycles. The van der Waals surface area contributed by atoms with Crippen molar-refractivity contribution in [3.63, 3.8) is 0 Å². The molecule has 2 aromatic carbocycles. The van der Waals surface area contributed by atoms with Crippen molar-refractivity contribution in [3.8, 4) is 11.5 Å². The second-order valence-electron chi connectivity index (χ2n) is 7.60. The number of rotatable bonds is 6. The Bertz CT molecular complexity index is 1220. The quantitative estimate of drug-likeness (QED) is 0.581. The van der Waals surface area contributed by atoms with Crippen LogP contribution in [0, 0.1) is 0 Å². The molecular formula is C23H23ClN2O5. The van der Waals surface area contributed by atoms with Crippen molar-refractivity contribution >= 4 is 28.5 Å². The van der Waals surface area contributed by atoms with Crippen LogP contribution in [0.2, 0.25) is 5.02 Å². The maximum absolute atomic E-state index is 13.6. The molecule has 0 spiro atoms. The smallest absolute Gasteiger partial charge is 0.290 e. The molecule has 31 heavy (non-hydrogen) atoms. The molecule has 3 aromatic rings. The number of nitrogens with zero attached hydrogens (tertiary/aromatic N) is 2. The fourth-order valence-electron chi connectivity index (χ4n) is 3.98. The number of fused-ring (bicyclic) bond motifs is 2. The predicted octanol–water partition coefficient (Wildman–Crippen LogP) is 3.57. The molecule has 8 heteroatoms. The number of carbonyl (C=O) groups is 1. The van der Waals surface area contributed by atoms with Crippen LogP contribution in [0.3, 0.4) is 0 Å². The molecule has 1 atom stereocenters. The van der Waals surface area contributed by atoms with Gasteiger partial charge in [-0.15, -0.1) is 0 Å². The number of hydrogen-bond acceptors (Lipinski definition) is 6. The van der Waals surface area contributed by atoms with E-state index in [2.05, 4.69) is 0 Å². The van der Waals surface area contributed by atoms with Gasteiger partial charge in [-0.25, -0.2) is 0 Å². The number of hydrogen-bond donors (Lipinski definition) is 0. The standard InChI is InChI=1S/C23H23ClN2O5/c1-25(2)10-11-26-19(14-6-5-7-17(29-3)21(14)30-4)18-20(27)15-12-13(24)8-9-16(15)31-22(18)23(26)28/h5-9,12,19H,10-11H2,1-4H3/t19-/m0/s1. The maximum Gasteiger partial charge on any atom is 0.290 e. The van der Waals surface area contributed by atoms with Crippen LogP contribution in [0.5, 0.6) is 11.5 Å². The number of halogens is 1. The summed E-state index contributed by atoms with van der Waals surface area (Å²) in [5.41, 5.74) is 0.980. The molecule has 162 valence electrons. The van der Waals surface area contributed by atoms with Crippen LogP contribution in [-0.2, 0) is 0 Å². The van der Waals surface area contributed by atoms with Gasteiger partial charge in [0.25, 0.3) is 5.91 Å². The zero-order chi connectivity index (χ0) is 22.3. The largest absolute Gasteiger partial charge is 0.493 e. The molecule has 0 N–H and O–H groups in total. The minimum absolute atomic E-state index is 0.0495. The van der Waals surface area contributed by atoms with Gasteiger partial charge < -0.3 is 23.7 Å². The van der Waals surface area contributed by atoms with Crippen molar-refractivity contribution in [3.05, 3.63) is 68.5 Å². The molecule has 0 unspecified atom stereocenters. The van der Waals surface area contributed by atoms with E-state index in [1.54, 1.807) is 36.3 Å². The molecule has 0 fully saturated rings. The molecule has 1 aromatic heterocycles. The summed E-state index contributed by atoms with van der Waals surface area (Å²) >= 11 is 6.12. The first-order valence-electron chi connectivity index (χ1n) is 9.80. The van der Waals surface area contributed by atoms with Crippen molar-refractivity contribution in [2.45, 2.75) is 6.04 Å². The van der Waals surface area contributed by atoms with E-state index in [0.717, 1.165) is 0 Å². The first-order valence-corrected chi connectivity index (χ1v) is 10.2. The van der Waals surface area contributed by atoms with E-state index in [0.29, 0.717) is 46.1 Å². The Morgan fingerprint density at radius 1 is 1.13 bits per heavy atom. The van der Waals surface area contributed by atoms with Gasteiger partial charge in [-0.05, 0) is 38.4 Å². The number of carbonyl (C=O) groups excluding carboxylic acids is 1. The van der Waals surface area contributed by atoms with Gasteiger partial charge in [-0.2, -0.15) is 0 Å². The SMILES string of the molecule is COc1cccc([C@H]2c3c(oc4ccc(Cl)cc4c3=O)C(=O)N2CCN(C)C)c1OC. The highest BCUT2D eigenvalue weighted by molar-refractivity contribution is 6.31. The molecular weight excluding hydrogens is 420 g/mol. The second kappa shape index (κ2) is 8.24. The normalized spacial score (nSPS) is 15.6. The third-order valence-electron chi connectivity index (χ3n) is 5.44. The summed E-state index contributed by atoms with van der Waals surface area (Å²) in [5.74, 6) is 0.701. The Morgan fingerprint density at radius 2 is 1.90 bits per heavy atom. The lowest BCUT2D eigenvalue weighted by atomic mass is 9.97. The predicted molar refractivity (Wildman–Crippen MR) is 118 cm³/mol. The summed E-state index contributed by atoms with van der Waals surface area (Å²) in [6.45, 7) is 1.01. The third kappa shape index (κ3) is 3.54. The van der Waals surface area contributed by atoms with Gasteiger partial charge in [0.1, 0.15) is 5.58 Å². The lowest BCUT2D eigenvalue weighted by Gasteiger charge is -2.28. The number of para-hydroxylation sites is 1. The number of amides is 1. The van der Waals surface area contributed by atoms with Gasteiger partial charge in [-0.3, -0.25) is 9.59 Å². The molecule has 7 nitrogen and oxygen atoms in total. The minimum Gasteiger partial charge on any atom is -0.493 e. The Morgan fingerprint density at radius 3 is 2.58 bits per heavy atom. The summed E-state index contributed by atoms with van der Waals surface area (Å²) in [6, 6.07) is 9.54. The molecule has 0 bridgehead atoms. The van der Waals surface area contributed by atoms with Gasteiger partial charge >= 0.3 is 0 Å². The van der Waals surface area contributed by atoms with Crippen molar-refractivity contribution in [2.75, 3.05) is 41.4 Å². The van der Waals surface area contributed by atoms with Crippen LogP contribution in [0.1, 0.15) is 27.7 Å². The fraction of sp³-hybridized carbons (Fsp3) is 0.304. The topological polar surface area (TPSA) is 72.2 Å². The number of likely N-dealkylation sites (N-methyl/N-ethyl adjacent to an activating group) is 1. The van der Waals surface area contributed by atoms with E-state index >= 15 is 0 Å². The molecule has 0 radical (unpaired) electrons. The highest BCUT2D eigenvalue weighted by atomic mass is 35.5. The molecule has 1 amide bonds. The highest BCUT2D eigenvalue weighted by Gasteiger charge is 2.44. The van der Waals surface area contributed by atoms with E-state index in [1.807, 2.05) is 31.1 Å². The summed E-state index contributed by atoms with van der Waals surface area (Å²) in [4.78, 5) is 30.6. The fourth-order valence-corrected chi connectivity index (χ4v) is 4.15. The first-order chi connectivity index (χ1) is 14.9. The first kappa shape index (κ1) is 21.2. The Balaban J connectivity index is 2.00. The zero-order valence-corrected chi connectivity index (χ0v) is 18.5. The van der Waals surface area contributed by atoms with Crippen LogP contribution in [0.4, 0.5) is 0 Å². The Labute approximate surface area is 184 Å². The van der Waals surface area contributed by atoms with E-state index in [9.17, 15) is 9.59 Å². The molecule has 1 aliphatic rings. The van der Waals surface area contributed by atoms with Gasteiger partial charge in [0.15, 0.2) is 16.9 Å². The zero-order valence-electron chi connectivity index (χ0n) is 17.8. The van der Waals surface area contributed by atoms with Gasteiger partial charge in [0.05, 0.1) is 31.2 Å². The van der Waals surface area contributed by atoms with E-state index in [1.165, 1.54) is 7.11 Å². The van der Waals surface area contributed by atoms with Gasteiger partial charge in [0.2, 0.25) is 5.76 Å². The summed E-state index contributed by atoms with van der Waals surface area (Å²) < 4.78 is 17.0. The van der Waals surface area contributed by atoms with Crippen LogP contribution in [0.15, 0.2) is 45.6 Å². The lowest BCUT2D eigenvalue weighted by Crippen LogP contribution is -2.35. The van der Waals surface area contributed by atoms with Crippen LogP contribution in [0.25, 0.3) is 11.0 Å². The molecule has 1 aliphatic heterocycles. The Kier molecular flexibility index (Phi) is 5.64. The minimum atomic E-state index is -0.674. The molecule has 0 aliphatic carbocycles. The summed E-state index contributed by atoms with van der Waals surface area (Å²) in [7, 11) is 6.93. The average molecular weight is 443 g/mol. The van der Waals surface area contributed by atoms with Crippen molar-refractivity contribution in [2.24, 2.45) is 0 Å².